The molecule has 0 spiro atoms. The summed E-state index contributed by atoms with van der Waals surface area (Å²) in [5, 5.41) is 19.2. The van der Waals surface area contributed by atoms with Crippen LogP contribution in [0, 0.1) is 0 Å². The monoisotopic (exact) mass is 325 g/mol. The SMILES string of the molecule is O=C(NC[C@@]1(O)CCCNC1)Nc1ccccc1-c1ccccc1. The Kier molecular flexibility index (Phi) is 5.13. The summed E-state index contributed by atoms with van der Waals surface area (Å²) in [7, 11) is 0. The number of piperidine rings is 1. The van der Waals surface area contributed by atoms with Crippen LogP contribution in [-0.2, 0) is 0 Å². The Labute approximate surface area is 142 Å². The van der Waals surface area contributed by atoms with Gasteiger partial charge in [-0.1, -0.05) is 48.5 Å². The molecule has 0 unspecified atom stereocenters. The summed E-state index contributed by atoms with van der Waals surface area (Å²) < 4.78 is 0. The largest absolute Gasteiger partial charge is 0.387 e. The number of aliphatic hydroxyl groups is 1. The maximum absolute atomic E-state index is 12.2. The lowest BCUT2D eigenvalue weighted by atomic mass is 9.94. The Bertz CT molecular complexity index is 682. The number of hydrogen-bond donors (Lipinski definition) is 4. The van der Waals surface area contributed by atoms with E-state index < -0.39 is 5.60 Å². The zero-order valence-electron chi connectivity index (χ0n) is 13.6. The zero-order chi connectivity index (χ0) is 16.8. The normalized spacial score (nSPS) is 20.4. The first-order chi connectivity index (χ1) is 11.7. The highest BCUT2D eigenvalue weighted by molar-refractivity contribution is 5.94. The maximum atomic E-state index is 12.2. The van der Waals surface area contributed by atoms with Crippen LogP contribution in [0.1, 0.15) is 12.8 Å². The number of carbonyl (C=O) groups is 1. The van der Waals surface area contributed by atoms with E-state index in [9.17, 15) is 9.90 Å². The van der Waals surface area contributed by atoms with Crippen LogP contribution in [0.4, 0.5) is 10.5 Å². The predicted octanol–water partition coefficient (Wildman–Crippen LogP) is 2.59. The minimum Gasteiger partial charge on any atom is -0.387 e. The van der Waals surface area contributed by atoms with Gasteiger partial charge in [0.05, 0.1) is 11.3 Å². The Hall–Kier alpha value is -2.37. The summed E-state index contributed by atoms with van der Waals surface area (Å²) in [5.74, 6) is 0. The standard InChI is InChI=1S/C19H23N3O2/c23-18(21-14-19(24)11-6-12-20-13-19)22-17-10-5-4-9-16(17)15-7-2-1-3-8-15/h1-5,7-10,20,24H,6,11-14H2,(H2,21,22,23)/t19-/m1/s1. The highest BCUT2D eigenvalue weighted by Crippen LogP contribution is 2.27. The molecule has 1 aliphatic heterocycles. The van der Waals surface area contributed by atoms with Crippen molar-refractivity contribution in [2.24, 2.45) is 0 Å². The lowest BCUT2D eigenvalue weighted by Gasteiger charge is -2.32. The van der Waals surface area contributed by atoms with E-state index in [1.165, 1.54) is 0 Å². The van der Waals surface area contributed by atoms with Gasteiger partial charge in [-0.2, -0.15) is 0 Å². The Balaban J connectivity index is 1.65. The van der Waals surface area contributed by atoms with E-state index in [-0.39, 0.29) is 12.6 Å². The number of carbonyl (C=O) groups excluding carboxylic acids is 1. The molecule has 1 heterocycles. The van der Waals surface area contributed by atoms with Crippen molar-refractivity contribution in [2.45, 2.75) is 18.4 Å². The minimum absolute atomic E-state index is 0.235. The first-order valence-corrected chi connectivity index (χ1v) is 8.29. The second-order valence-electron chi connectivity index (χ2n) is 6.22. The summed E-state index contributed by atoms with van der Waals surface area (Å²) in [6.45, 7) is 1.66. The number of benzene rings is 2. The molecule has 0 bridgehead atoms. The van der Waals surface area contributed by atoms with E-state index in [1.807, 2.05) is 54.6 Å². The number of urea groups is 1. The van der Waals surface area contributed by atoms with E-state index in [1.54, 1.807) is 0 Å². The molecule has 5 heteroatoms. The molecular formula is C19H23N3O2. The summed E-state index contributed by atoms with van der Waals surface area (Å²) in [6, 6.07) is 17.3. The first kappa shape index (κ1) is 16.5. The molecule has 5 nitrogen and oxygen atoms in total. The van der Waals surface area contributed by atoms with Gasteiger partial charge in [-0.15, -0.1) is 0 Å². The minimum atomic E-state index is -0.867. The summed E-state index contributed by atoms with van der Waals surface area (Å²) in [6.07, 6.45) is 1.61. The molecule has 126 valence electrons. The number of hydrogen-bond acceptors (Lipinski definition) is 3. The lowest BCUT2D eigenvalue weighted by Crippen LogP contribution is -2.53. The topological polar surface area (TPSA) is 73.4 Å². The van der Waals surface area contributed by atoms with Gasteiger partial charge in [0.25, 0.3) is 0 Å². The third-order valence-electron chi connectivity index (χ3n) is 4.29. The molecule has 0 aliphatic carbocycles. The molecule has 0 saturated carbocycles. The average Bonchev–Trinajstić information content (AvgIpc) is 2.62. The summed E-state index contributed by atoms with van der Waals surface area (Å²) in [5.41, 5.74) is 1.89. The van der Waals surface area contributed by atoms with Gasteiger partial charge < -0.3 is 21.1 Å². The van der Waals surface area contributed by atoms with E-state index in [4.69, 9.17) is 0 Å². The highest BCUT2D eigenvalue weighted by Gasteiger charge is 2.29. The van der Waals surface area contributed by atoms with Crippen LogP contribution in [0.25, 0.3) is 11.1 Å². The molecule has 0 radical (unpaired) electrons. The van der Waals surface area contributed by atoms with Crippen molar-refractivity contribution in [2.75, 3.05) is 25.0 Å². The molecule has 3 rings (SSSR count). The van der Waals surface area contributed by atoms with Crippen molar-refractivity contribution in [3.8, 4) is 11.1 Å². The number of nitrogens with one attached hydrogen (secondary N) is 3. The highest BCUT2D eigenvalue weighted by atomic mass is 16.3. The quantitative estimate of drug-likeness (QED) is 0.698. The van der Waals surface area contributed by atoms with Gasteiger partial charge in [0, 0.05) is 18.7 Å². The molecule has 2 aromatic carbocycles. The van der Waals surface area contributed by atoms with Crippen LogP contribution in [0.5, 0.6) is 0 Å². The van der Waals surface area contributed by atoms with Crippen molar-refractivity contribution >= 4 is 11.7 Å². The van der Waals surface area contributed by atoms with Crippen molar-refractivity contribution in [1.29, 1.82) is 0 Å². The number of rotatable bonds is 4. The van der Waals surface area contributed by atoms with Crippen LogP contribution in [0.15, 0.2) is 54.6 Å². The van der Waals surface area contributed by atoms with Crippen LogP contribution in [0.2, 0.25) is 0 Å². The Morgan fingerprint density at radius 3 is 2.62 bits per heavy atom. The van der Waals surface area contributed by atoms with Gasteiger partial charge in [0.2, 0.25) is 0 Å². The molecule has 1 fully saturated rings. The van der Waals surface area contributed by atoms with E-state index in [0.29, 0.717) is 13.0 Å². The van der Waals surface area contributed by atoms with E-state index >= 15 is 0 Å². The predicted molar refractivity (Wildman–Crippen MR) is 96.0 cm³/mol. The fourth-order valence-electron chi connectivity index (χ4n) is 2.98. The molecule has 4 N–H and O–H groups in total. The van der Waals surface area contributed by atoms with E-state index in [2.05, 4.69) is 16.0 Å². The van der Waals surface area contributed by atoms with Gasteiger partial charge in [0.15, 0.2) is 0 Å². The smallest absolute Gasteiger partial charge is 0.319 e. The van der Waals surface area contributed by atoms with Crippen molar-refractivity contribution in [3.05, 3.63) is 54.6 Å². The molecular weight excluding hydrogens is 302 g/mol. The van der Waals surface area contributed by atoms with Gasteiger partial charge in [0.1, 0.15) is 0 Å². The van der Waals surface area contributed by atoms with Gasteiger partial charge >= 0.3 is 6.03 Å². The summed E-state index contributed by atoms with van der Waals surface area (Å²) in [4.78, 5) is 12.2. The van der Waals surface area contributed by atoms with Gasteiger partial charge in [-0.25, -0.2) is 4.79 Å². The summed E-state index contributed by atoms with van der Waals surface area (Å²) >= 11 is 0. The third-order valence-corrected chi connectivity index (χ3v) is 4.29. The molecule has 24 heavy (non-hydrogen) atoms. The molecule has 1 atom stereocenters. The van der Waals surface area contributed by atoms with Gasteiger partial charge in [-0.05, 0) is 31.0 Å². The van der Waals surface area contributed by atoms with Crippen LogP contribution >= 0.6 is 0 Å². The number of anilines is 1. The van der Waals surface area contributed by atoms with Crippen molar-refractivity contribution < 1.29 is 9.90 Å². The number of amides is 2. The zero-order valence-corrected chi connectivity index (χ0v) is 13.6. The van der Waals surface area contributed by atoms with Crippen LogP contribution < -0.4 is 16.0 Å². The third kappa shape index (κ3) is 4.13. The molecule has 0 aromatic heterocycles. The van der Waals surface area contributed by atoms with Crippen LogP contribution in [-0.4, -0.2) is 36.4 Å². The van der Waals surface area contributed by atoms with E-state index in [0.717, 1.165) is 29.8 Å². The molecule has 1 saturated heterocycles. The molecule has 2 amide bonds. The first-order valence-electron chi connectivity index (χ1n) is 8.29. The molecule has 1 aliphatic rings. The van der Waals surface area contributed by atoms with Crippen molar-refractivity contribution in [1.82, 2.24) is 10.6 Å². The second-order valence-corrected chi connectivity index (χ2v) is 6.22. The fraction of sp³-hybridized carbons (Fsp3) is 0.316. The van der Waals surface area contributed by atoms with Crippen molar-refractivity contribution in [3.63, 3.8) is 0 Å². The number of para-hydroxylation sites is 1. The second kappa shape index (κ2) is 7.47. The number of β-amino-alcohol motifs (C(OH)–C–C–N with tert-alkyl or cyclic N) is 1. The Morgan fingerprint density at radius 1 is 1.12 bits per heavy atom. The molecule has 2 aromatic rings. The van der Waals surface area contributed by atoms with Gasteiger partial charge in [-0.3, -0.25) is 0 Å². The van der Waals surface area contributed by atoms with Crippen LogP contribution in [0.3, 0.4) is 0 Å². The fourth-order valence-corrected chi connectivity index (χ4v) is 2.98. The Morgan fingerprint density at radius 2 is 1.88 bits per heavy atom. The lowest BCUT2D eigenvalue weighted by molar-refractivity contribution is 0.0198. The average molecular weight is 325 g/mol. The maximum Gasteiger partial charge on any atom is 0.319 e.